The summed E-state index contributed by atoms with van der Waals surface area (Å²) in [5.41, 5.74) is 1.84. The lowest BCUT2D eigenvalue weighted by molar-refractivity contribution is -0.142. The Balaban J connectivity index is 2.40. The maximum absolute atomic E-state index is 12.4. The summed E-state index contributed by atoms with van der Waals surface area (Å²) in [6.45, 7) is 4.32. The molecule has 0 amide bonds. The highest BCUT2D eigenvalue weighted by Gasteiger charge is 2.29. The summed E-state index contributed by atoms with van der Waals surface area (Å²) in [6.07, 6.45) is -0.122. The summed E-state index contributed by atoms with van der Waals surface area (Å²) in [5.74, 6) is 0. The zero-order valence-corrected chi connectivity index (χ0v) is 10.1. The second kappa shape index (κ2) is 4.83. The van der Waals surface area contributed by atoms with Gasteiger partial charge in [-0.2, -0.15) is 18.3 Å². The zero-order chi connectivity index (χ0) is 14.0. The molecule has 0 N–H and O–H groups in total. The van der Waals surface area contributed by atoms with E-state index in [1.54, 1.807) is 6.92 Å². The molecule has 100 valence electrons. The Bertz CT molecular complexity index is 601. The summed E-state index contributed by atoms with van der Waals surface area (Å²) >= 11 is 0. The van der Waals surface area contributed by atoms with Crippen molar-refractivity contribution >= 4 is 5.57 Å². The largest absolute Gasteiger partial charge is 0.408 e. The van der Waals surface area contributed by atoms with Crippen LogP contribution in [0.4, 0.5) is 13.2 Å². The van der Waals surface area contributed by atoms with E-state index in [1.165, 1.54) is 24.7 Å². The van der Waals surface area contributed by atoms with Crippen LogP contribution in [0.1, 0.15) is 12.6 Å². The van der Waals surface area contributed by atoms with Crippen LogP contribution in [0.5, 0.6) is 0 Å². The Hall–Kier alpha value is -2.18. The van der Waals surface area contributed by atoms with Gasteiger partial charge in [-0.25, -0.2) is 4.98 Å². The highest BCUT2D eigenvalue weighted by atomic mass is 19.4. The minimum absolute atomic E-state index is 0.271. The number of allylic oxidation sites excluding steroid dienone is 1. The standard InChI is InChI=1S/C12H11F3N4/c1-8(2)9-5-16-6-10(18-9)11-3-4-17-19(11)7-12(13,14)15/h3-6H,1,7H2,2H3. The smallest absolute Gasteiger partial charge is 0.260 e. The topological polar surface area (TPSA) is 43.6 Å². The number of hydrogen-bond donors (Lipinski definition) is 0. The molecule has 0 unspecified atom stereocenters. The lowest BCUT2D eigenvalue weighted by atomic mass is 10.2. The van der Waals surface area contributed by atoms with Crippen molar-refractivity contribution in [3.8, 4) is 11.4 Å². The first kappa shape index (κ1) is 13.3. The van der Waals surface area contributed by atoms with Gasteiger partial charge in [0.2, 0.25) is 0 Å². The van der Waals surface area contributed by atoms with Crippen molar-refractivity contribution in [1.29, 1.82) is 0 Å². The van der Waals surface area contributed by atoms with E-state index in [0.29, 0.717) is 17.0 Å². The fourth-order valence-corrected chi connectivity index (χ4v) is 1.54. The van der Waals surface area contributed by atoms with Crippen molar-refractivity contribution in [2.75, 3.05) is 0 Å². The van der Waals surface area contributed by atoms with Crippen LogP contribution in [0, 0.1) is 0 Å². The van der Waals surface area contributed by atoms with Gasteiger partial charge < -0.3 is 0 Å². The number of alkyl halides is 3. The van der Waals surface area contributed by atoms with Crippen LogP contribution >= 0.6 is 0 Å². The van der Waals surface area contributed by atoms with Crippen molar-refractivity contribution in [2.45, 2.75) is 19.6 Å². The molecule has 0 aliphatic heterocycles. The van der Waals surface area contributed by atoms with Gasteiger partial charge >= 0.3 is 6.18 Å². The molecule has 2 aromatic rings. The molecule has 0 spiro atoms. The predicted molar refractivity (Wildman–Crippen MR) is 64.0 cm³/mol. The molecular formula is C12H11F3N4. The number of hydrogen-bond acceptors (Lipinski definition) is 3. The molecule has 0 aliphatic rings. The number of nitrogens with zero attached hydrogens (tertiary/aromatic N) is 4. The fraction of sp³-hybridized carbons (Fsp3) is 0.250. The lowest BCUT2D eigenvalue weighted by Crippen LogP contribution is -2.19. The first-order valence-corrected chi connectivity index (χ1v) is 5.44. The minimum atomic E-state index is -4.33. The van der Waals surface area contributed by atoms with Gasteiger partial charge in [0.05, 0.1) is 23.8 Å². The summed E-state index contributed by atoms with van der Waals surface area (Å²) in [6, 6.07) is 1.47. The van der Waals surface area contributed by atoms with Gasteiger partial charge in [-0.05, 0) is 18.6 Å². The van der Waals surface area contributed by atoms with Gasteiger partial charge in [0.15, 0.2) is 0 Å². The maximum atomic E-state index is 12.4. The third-order valence-electron chi connectivity index (χ3n) is 2.38. The molecule has 2 rings (SSSR count). The molecule has 0 radical (unpaired) electrons. The van der Waals surface area contributed by atoms with Crippen molar-refractivity contribution in [1.82, 2.24) is 19.7 Å². The van der Waals surface area contributed by atoms with Crippen LogP contribution in [0.3, 0.4) is 0 Å². The van der Waals surface area contributed by atoms with E-state index in [2.05, 4.69) is 21.6 Å². The monoisotopic (exact) mass is 268 g/mol. The lowest BCUT2D eigenvalue weighted by Gasteiger charge is -2.10. The number of halogens is 3. The molecule has 0 aromatic carbocycles. The van der Waals surface area contributed by atoms with Crippen molar-refractivity contribution in [3.63, 3.8) is 0 Å². The second-order valence-corrected chi connectivity index (χ2v) is 4.06. The third kappa shape index (κ3) is 3.18. The van der Waals surface area contributed by atoms with E-state index < -0.39 is 12.7 Å². The van der Waals surface area contributed by atoms with Gasteiger partial charge in [0.1, 0.15) is 12.2 Å². The Labute approximate surface area is 107 Å². The summed E-state index contributed by atoms with van der Waals surface area (Å²) in [4.78, 5) is 8.17. The highest BCUT2D eigenvalue weighted by molar-refractivity contribution is 5.61. The van der Waals surface area contributed by atoms with Crippen LogP contribution < -0.4 is 0 Å². The van der Waals surface area contributed by atoms with Crippen LogP contribution in [0.15, 0.2) is 31.2 Å². The Morgan fingerprint density at radius 2 is 2.11 bits per heavy atom. The first-order chi connectivity index (χ1) is 8.87. The van der Waals surface area contributed by atoms with Crippen LogP contribution in [-0.4, -0.2) is 25.9 Å². The molecule has 0 atom stereocenters. The molecule has 0 saturated heterocycles. The van der Waals surface area contributed by atoms with Crippen LogP contribution in [0.2, 0.25) is 0 Å². The molecule has 7 heteroatoms. The Kier molecular flexibility index (Phi) is 3.37. The van der Waals surface area contributed by atoms with Crippen LogP contribution in [-0.2, 0) is 6.54 Å². The first-order valence-electron chi connectivity index (χ1n) is 5.44. The van der Waals surface area contributed by atoms with E-state index >= 15 is 0 Å². The maximum Gasteiger partial charge on any atom is 0.408 e. The van der Waals surface area contributed by atoms with E-state index in [4.69, 9.17) is 0 Å². The van der Waals surface area contributed by atoms with Crippen LogP contribution in [0.25, 0.3) is 17.0 Å². The van der Waals surface area contributed by atoms with Gasteiger partial charge in [-0.1, -0.05) is 6.58 Å². The molecular weight excluding hydrogens is 257 g/mol. The average Bonchev–Trinajstić information content (AvgIpc) is 2.75. The third-order valence-corrected chi connectivity index (χ3v) is 2.38. The quantitative estimate of drug-likeness (QED) is 0.859. The predicted octanol–water partition coefficient (Wildman–Crippen LogP) is 2.94. The molecule has 0 saturated carbocycles. The van der Waals surface area contributed by atoms with E-state index in [-0.39, 0.29) is 5.69 Å². The fourth-order valence-electron chi connectivity index (χ4n) is 1.54. The summed E-state index contributed by atoms with van der Waals surface area (Å²) in [5, 5.41) is 3.66. The van der Waals surface area contributed by atoms with Crippen molar-refractivity contribution in [3.05, 3.63) is 36.9 Å². The number of rotatable bonds is 3. The molecule has 19 heavy (non-hydrogen) atoms. The molecule has 0 bridgehead atoms. The van der Waals surface area contributed by atoms with Gasteiger partial charge in [-0.15, -0.1) is 0 Å². The highest BCUT2D eigenvalue weighted by Crippen LogP contribution is 2.23. The van der Waals surface area contributed by atoms with Crippen molar-refractivity contribution < 1.29 is 13.2 Å². The van der Waals surface area contributed by atoms with Crippen molar-refractivity contribution in [2.24, 2.45) is 0 Å². The van der Waals surface area contributed by atoms with E-state index in [9.17, 15) is 13.2 Å². The summed E-state index contributed by atoms with van der Waals surface area (Å²) in [7, 11) is 0. The second-order valence-electron chi connectivity index (χ2n) is 4.06. The Morgan fingerprint density at radius 3 is 2.74 bits per heavy atom. The number of aromatic nitrogens is 4. The van der Waals surface area contributed by atoms with Gasteiger partial charge in [-0.3, -0.25) is 9.67 Å². The summed E-state index contributed by atoms with van der Waals surface area (Å²) < 4.78 is 38.1. The van der Waals surface area contributed by atoms with E-state index in [1.807, 2.05) is 0 Å². The average molecular weight is 268 g/mol. The Morgan fingerprint density at radius 1 is 1.37 bits per heavy atom. The zero-order valence-electron chi connectivity index (χ0n) is 10.1. The van der Waals surface area contributed by atoms with Gasteiger partial charge in [0.25, 0.3) is 0 Å². The molecule has 2 heterocycles. The molecule has 0 fully saturated rings. The minimum Gasteiger partial charge on any atom is -0.260 e. The van der Waals surface area contributed by atoms with E-state index in [0.717, 1.165) is 4.68 Å². The van der Waals surface area contributed by atoms with Gasteiger partial charge in [0, 0.05) is 6.20 Å². The molecule has 2 aromatic heterocycles. The normalized spacial score (nSPS) is 11.6. The molecule has 4 nitrogen and oxygen atoms in total. The SMILES string of the molecule is C=C(C)c1cncc(-c2ccnn2CC(F)(F)F)n1. The molecule has 0 aliphatic carbocycles.